The Morgan fingerprint density at radius 1 is 1.36 bits per heavy atom. The number of amides is 2. The Balaban J connectivity index is 1.76. The van der Waals surface area contributed by atoms with Gasteiger partial charge in [-0.2, -0.15) is 0 Å². The summed E-state index contributed by atoms with van der Waals surface area (Å²) in [5.41, 5.74) is 0.552. The van der Waals surface area contributed by atoms with Gasteiger partial charge in [-0.3, -0.25) is 14.4 Å². The van der Waals surface area contributed by atoms with Crippen LogP contribution >= 0.6 is 15.9 Å². The van der Waals surface area contributed by atoms with Gasteiger partial charge in [-0.25, -0.2) is 4.39 Å². The molecule has 8 heteroatoms. The zero-order valence-electron chi connectivity index (χ0n) is 13.3. The molecule has 2 aromatic rings. The van der Waals surface area contributed by atoms with Gasteiger partial charge >= 0.3 is 0 Å². The van der Waals surface area contributed by atoms with Crippen molar-refractivity contribution in [1.29, 1.82) is 0 Å². The van der Waals surface area contributed by atoms with E-state index in [1.807, 2.05) is 0 Å². The predicted octanol–water partition coefficient (Wildman–Crippen LogP) is 2.58. The molecule has 0 saturated carbocycles. The van der Waals surface area contributed by atoms with Crippen molar-refractivity contribution >= 4 is 39.1 Å². The highest BCUT2D eigenvalue weighted by molar-refractivity contribution is 9.10. The molecule has 1 aromatic carbocycles. The van der Waals surface area contributed by atoms with E-state index in [9.17, 15) is 18.8 Å². The van der Waals surface area contributed by atoms with E-state index >= 15 is 0 Å². The highest BCUT2D eigenvalue weighted by Gasteiger charge is 2.36. The Morgan fingerprint density at radius 3 is 2.84 bits per heavy atom. The van der Waals surface area contributed by atoms with Gasteiger partial charge in [0.2, 0.25) is 11.8 Å². The molecular weight excluding hydrogens is 393 g/mol. The summed E-state index contributed by atoms with van der Waals surface area (Å²) in [6.45, 7) is 1.82. The van der Waals surface area contributed by atoms with Crippen LogP contribution < -0.4 is 15.8 Å². The molecule has 130 valence electrons. The molecule has 1 aliphatic rings. The molecule has 0 aliphatic carbocycles. The topological polar surface area (TPSA) is 82.3 Å². The van der Waals surface area contributed by atoms with E-state index in [4.69, 9.17) is 0 Å². The number of halogens is 2. The maximum atomic E-state index is 14.1. The predicted molar refractivity (Wildman–Crippen MR) is 95.0 cm³/mol. The molecule has 0 radical (unpaired) electrons. The van der Waals surface area contributed by atoms with Crippen LogP contribution in [0.1, 0.15) is 12.0 Å². The number of nitrogens with zero attached hydrogens (tertiary/aromatic N) is 1. The lowest BCUT2D eigenvalue weighted by Crippen LogP contribution is -2.30. The van der Waals surface area contributed by atoms with E-state index in [0.29, 0.717) is 4.47 Å². The lowest BCUT2D eigenvalue weighted by atomic mass is 10.1. The summed E-state index contributed by atoms with van der Waals surface area (Å²) in [7, 11) is 0. The second-order valence-electron chi connectivity index (χ2n) is 5.91. The van der Waals surface area contributed by atoms with Crippen molar-refractivity contribution in [1.82, 2.24) is 4.98 Å². The molecular formula is C17H15BrFN3O3. The number of nitrogens with one attached hydrogen (secondary N) is 2. The summed E-state index contributed by atoms with van der Waals surface area (Å²) in [6, 6.07) is 6.06. The number of hydrogen-bond acceptors (Lipinski definition) is 3. The highest BCUT2D eigenvalue weighted by atomic mass is 79.9. The quantitative estimate of drug-likeness (QED) is 0.819. The number of aromatic nitrogens is 1. The summed E-state index contributed by atoms with van der Waals surface area (Å²) < 4.78 is 14.7. The van der Waals surface area contributed by atoms with Crippen LogP contribution in [-0.2, 0) is 9.59 Å². The minimum Gasteiger partial charge on any atom is -0.326 e. The Bertz CT molecular complexity index is 912. The van der Waals surface area contributed by atoms with Gasteiger partial charge in [0.1, 0.15) is 11.5 Å². The zero-order valence-corrected chi connectivity index (χ0v) is 14.9. The largest absolute Gasteiger partial charge is 0.326 e. The first kappa shape index (κ1) is 17.3. The Hall–Kier alpha value is -2.48. The fourth-order valence-corrected chi connectivity index (χ4v) is 3.08. The van der Waals surface area contributed by atoms with Crippen molar-refractivity contribution in [2.24, 2.45) is 5.92 Å². The van der Waals surface area contributed by atoms with Crippen molar-refractivity contribution in [2.75, 3.05) is 16.8 Å². The first-order valence-electron chi connectivity index (χ1n) is 7.61. The van der Waals surface area contributed by atoms with Gasteiger partial charge in [-0.15, -0.1) is 0 Å². The maximum Gasteiger partial charge on any atom is 0.271 e. The lowest BCUT2D eigenvalue weighted by molar-refractivity contribution is -0.122. The summed E-state index contributed by atoms with van der Waals surface area (Å²) >= 11 is 3.21. The fourth-order valence-electron chi connectivity index (χ4n) is 2.73. The number of pyridine rings is 1. The molecule has 1 unspecified atom stereocenters. The summed E-state index contributed by atoms with van der Waals surface area (Å²) in [4.78, 5) is 40.1. The molecule has 1 atom stereocenters. The third-order valence-corrected chi connectivity index (χ3v) is 4.47. The molecule has 1 aromatic heterocycles. The van der Waals surface area contributed by atoms with Crippen molar-refractivity contribution in [3.63, 3.8) is 0 Å². The summed E-state index contributed by atoms with van der Waals surface area (Å²) in [6.07, 6.45) is 1.42. The van der Waals surface area contributed by atoms with Gasteiger partial charge in [0.05, 0.1) is 11.6 Å². The van der Waals surface area contributed by atoms with Gasteiger partial charge in [0, 0.05) is 23.6 Å². The van der Waals surface area contributed by atoms with Gasteiger partial charge in [0.15, 0.2) is 0 Å². The second kappa shape index (κ2) is 6.79. The van der Waals surface area contributed by atoms with Crippen LogP contribution in [0.2, 0.25) is 0 Å². The molecule has 1 fully saturated rings. The number of aromatic amines is 1. The lowest BCUT2D eigenvalue weighted by Gasteiger charge is -2.17. The molecule has 2 heterocycles. The van der Waals surface area contributed by atoms with Crippen LogP contribution in [0.4, 0.5) is 15.8 Å². The minimum absolute atomic E-state index is 0.0366. The van der Waals surface area contributed by atoms with E-state index < -0.39 is 23.2 Å². The SMILES string of the molecule is Cc1ccc(N2CC(C(=O)Nc3cc(Br)c[nH]c3=O)CC2=O)c(F)c1. The van der Waals surface area contributed by atoms with Crippen molar-refractivity contribution in [2.45, 2.75) is 13.3 Å². The fraction of sp³-hybridized carbons (Fsp3) is 0.235. The highest BCUT2D eigenvalue weighted by Crippen LogP contribution is 2.28. The molecule has 0 spiro atoms. The first-order chi connectivity index (χ1) is 11.8. The molecule has 2 N–H and O–H groups in total. The number of H-pyrrole nitrogens is 1. The Morgan fingerprint density at radius 2 is 2.12 bits per heavy atom. The number of carbonyl (C=O) groups excluding carboxylic acids is 2. The standard InChI is InChI=1S/C17H15BrFN3O3/c1-9-2-3-14(12(19)4-9)22-8-10(5-15(22)23)16(24)21-13-6-11(18)7-20-17(13)25/h2-4,6-7,10H,5,8H2,1H3,(H,20,25)(H,21,24). The van der Waals surface area contributed by atoms with E-state index in [0.717, 1.165) is 5.56 Å². The number of hydrogen-bond donors (Lipinski definition) is 2. The first-order valence-corrected chi connectivity index (χ1v) is 8.40. The van der Waals surface area contributed by atoms with Crippen LogP contribution in [0.25, 0.3) is 0 Å². The van der Waals surface area contributed by atoms with Gasteiger partial charge in [-0.05, 0) is 46.6 Å². The van der Waals surface area contributed by atoms with Crippen molar-refractivity contribution in [3.05, 3.63) is 56.7 Å². The molecule has 6 nitrogen and oxygen atoms in total. The summed E-state index contributed by atoms with van der Waals surface area (Å²) in [5, 5.41) is 2.52. The van der Waals surface area contributed by atoms with E-state index in [-0.39, 0.29) is 30.2 Å². The maximum absolute atomic E-state index is 14.1. The van der Waals surface area contributed by atoms with E-state index in [2.05, 4.69) is 26.2 Å². The minimum atomic E-state index is -0.661. The van der Waals surface area contributed by atoms with Crippen LogP contribution in [0.3, 0.4) is 0 Å². The second-order valence-corrected chi connectivity index (χ2v) is 6.83. The van der Waals surface area contributed by atoms with Crippen molar-refractivity contribution in [3.8, 4) is 0 Å². The third kappa shape index (κ3) is 3.63. The van der Waals surface area contributed by atoms with Gasteiger partial charge in [-0.1, -0.05) is 6.07 Å². The van der Waals surface area contributed by atoms with Gasteiger partial charge in [0.25, 0.3) is 5.56 Å². The molecule has 0 bridgehead atoms. The summed E-state index contributed by atoms with van der Waals surface area (Å²) in [5.74, 6) is -1.94. The molecule has 3 rings (SSSR count). The monoisotopic (exact) mass is 407 g/mol. The molecule has 1 saturated heterocycles. The van der Waals surface area contributed by atoms with Gasteiger partial charge < -0.3 is 15.2 Å². The number of aryl methyl sites for hydroxylation is 1. The van der Waals surface area contributed by atoms with Crippen LogP contribution in [0, 0.1) is 18.7 Å². The van der Waals surface area contributed by atoms with E-state index in [1.165, 1.54) is 29.3 Å². The average Bonchev–Trinajstić information content (AvgIpc) is 2.93. The van der Waals surface area contributed by atoms with Crippen LogP contribution in [-0.4, -0.2) is 23.3 Å². The zero-order chi connectivity index (χ0) is 18.1. The van der Waals surface area contributed by atoms with Crippen molar-refractivity contribution < 1.29 is 14.0 Å². The average molecular weight is 408 g/mol. The van der Waals surface area contributed by atoms with Crippen LogP contribution in [0.5, 0.6) is 0 Å². The molecule has 1 aliphatic heterocycles. The normalized spacial score (nSPS) is 17.0. The number of carbonyl (C=O) groups is 2. The number of benzene rings is 1. The van der Waals surface area contributed by atoms with Crippen LogP contribution in [0.15, 0.2) is 39.7 Å². The smallest absolute Gasteiger partial charge is 0.271 e. The number of anilines is 2. The number of rotatable bonds is 3. The Labute approximate surface area is 151 Å². The Kier molecular flexibility index (Phi) is 4.71. The van der Waals surface area contributed by atoms with E-state index in [1.54, 1.807) is 13.0 Å². The third-order valence-electron chi connectivity index (χ3n) is 4.02. The molecule has 25 heavy (non-hydrogen) atoms. The molecule has 2 amide bonds.